The third kappa shape index (κ3) is 1.56. The van der Waals surface area contributed by atoms with Crippen LogP contribution in [0.4, 0.5) is 0 Å². The minimum absolute atomic E-state index is 0.105. The van der Waals surface area contributed by atoms with Crippen molar-refractivity contribution in [1.29, 1.82) is 0 Å². The first-order chi connectivity index (χ1) is 8.95. The van der Waals surface area contributed by atoms with Crippen molar-refractivity contribution in [3.8, 4) is 0 Å². The van der Waals surface area contributed by atoms with Gasteiger partial charge in [-0.15, -0.1) is 0 Å². The number of carbonyl (C=O) groups excluding carboxylic acids is 2. The molecule has 0 saturated carbocycles. The monoisotopic (exact) mass is 258 g/mol. The molecule has 0 bridgehead atoms. The summed E-state index contributed by atoms with van der Waals surface area (Å²) in [5, 5.41) is 0. The van der Waals surface area contributed by atoms with Crippen LogP contribution >= 0.6 is 0 Å². The maximum atomic E-state index is 12.2. The molecule has 0 amide bonds. The molecule has 1 aromatic carbocycles. The molecule has 1 aliphatic heterocycles. The highest BCUT2D eigenvalue weighted by atomic mass is 16.7. The summed E-state index contributed by atoms with van der Waals surface area (Å²) in [4.78, 5) is 23.9. The topological polar surface area (TPSA) is 52.6 Å². The lowest BCUT2D eigenvalue weighted by Gasteiger charge is -2.28. The van der Waals surface area contributed by atoms with Gasteiger partial charge in [0.25, 0.3) is 0 Å². The largest absolute Gasteiger partial charge is 0.428 e. The van der Waals surface area contributed by atoms with E-state index >= 15 is 0 Å². The van der Waals surface area contributed by atoms with Crippen LogP contribution in [0.25, 0.3) is 0 Å². The van der Waals surface area contributed by atoms with Crippen molar-refractivity contribution in [2.75, 3.05) is 7.11 Å². The number of hydrogen-bond acceptors (Lipinski definition) is 4. The molecule has 4 nitrogen and oxygen atoms in total. The number of methoxy groups -OCH3 is 1. The quantitative estimate of drug-likeness (QED) is 0.726. The van der Waals surface area contributed by atoms with Gasteiger partial charge in [-0.2, -0.15) is 0 Å². The van der Waals surface area contributed by atoms with Gasteiger partial charge in [0.05, 0.1) is 5.56 Å². The summed E-state index contributed by atoms with van der Waals surface area (Å²) in [7, 11) is 1.46. The van der Waals surface area contributed by atoms with Crippen molar-refractivity contribution in [3.63, 3.8) is 0 Å². The molecule has 1 aromatic rings. The molecule has 0 unspecified atom stereocenters. The summed E-state index contributed by atoms with van der Waals surface area (Å²) in [5.41, 5.74) is 2.18. The molecule has 3 rings (SSSR count). The average molecular weight is 258 g/mol. The second-order valence-electron chi connectivity index (χ2n) is 5.34. The van der Waals surface area contributed by atoms with Gasteiger partial charge in [0.1, 0.15) is 0 Å². The van der Waals surface area contributed by atoms with Crippen LogP contribution < -0.4 is 0 Å². The molecule has 2 aliphatic rings. The van der Waals surface area contributed by atoms with E-state index in [4.69, 9.17) is 9.47 Å². The third-order valence-corrected chi connectivity index (χ3v) is 3.72. The predicted octanol–water partition coefficient (Wildman–Crippen LogP) is 2.53. The van der Waals surface area contributed by atoms with E-state index in [1.807, 2.05) is 26.0 Å². The molecule has 0 spiro atoms. The summed E-state index contributed by atoms with van der Waals surface area (Å²) >= 11 is 0. The van der Waals surface area contributed by atoms with Crippen molar-refractivity contribution < 1.29 is 19.1 Å². The fourth-order valence-corrected chi connectivity index (χ4v) is 2.69. The number of rotatable bonds is 1. The van der Waals surface area contributed by atoms with E-state index in [-0.39, 0.29) is 11.2 Å². The number of ether oxygens (including phenoxy) is 2. The van der Waals surface area contributed by atoms with Crippen molar-refractivity contribution in [2.45, 2.75) is 25.6 Å². The maximum absolute atomic E-state index is 12.2. The minimum atomic E-state index is -0.788. The highest BCUT2D eigenvalue weighted by Gasteiger charge is 2.39. The van der Waals surface area contributed by atoms with E-state index in [1.54, 1.807) is 12.1 Å². The Morgan fingerprint density at radius 1 is 1.26 bits per heavy atom. The lowest BCUT2D eigenvalue weighted by Crippen LogP contribution is -2.24. The first-order valence-electron chi connectivity index (χ1n) is 6.10. The van der Waals surface area contributed by atoms with Crippen molar-refractivity contribution >= 4 is 11.8 Å². The van der Waals surface area contributed by atoms with Gasteiger partial charge in [-0.1, -0.05) is 26.0 Å². The first kappa shape index (κ1) is 12.1. The molecule has 1 atom stereocenters. The molecule has 19 heavy (non-hydrogen) atoms. The average Bonchev–Trinajstić information content (AvgIpc) is 2.71. The lowest BCUT2D eigenvalue weighted by molar-refractivity contribution is -0.0818. The van der Waals surface area contributed by atoms with Crippen LogP contribution in [0.1, 0.15) is 52.0 Å². The number of fused-ring (bicyclic) bond motifs is 3. The molecule has 0 saturated heterocycles. The zero-order chi connectivity index (χ0) is 13.8. The van der Waals surface area contributed by atoms with Gasteiger partial charge < -0.3 is 9.47 Å². The van der Waals surface area contributed by atoms with E-state index < -0.39 is 12.3 Å². The molecule has 1 heterocycles. The Kier molecular flexibility index (Phi) is 2.41. The molecule has 0 radical (unpaired) electrons. The second kappa shape index (κ2) is 3.78. The fourth-order valence-electron chi connectivity index (χ4n) is 2.69. The Morgan fingerprint density at radius 2 is 2.00 bits per heavy atom. The molecule has 4 heteroatoms. The standard InChI is InChI=1S/C15H14O4/c1-15(2)7-6-10(16)12-9(15)5-4-8-11(12)14(18-3)19-13(8)17/h4-7,14H,1-3H3/t14-/m0/s1. The smallest absolute Gasteiger partial charge is 0.341 e. The number of hydrogen-bond donors (Lipinski definition) is 0. The molecule has 0 aromatic heterocycles. The van der Waals surface area contributed by atoms with Gasteiger partial charge in [-0.05, 0) is 17.7 Å². The summed E-state index contributed by atoms with van der Waals surface area (Å²) in [5.74, 6) is -0.545. The minimum Gasteiger partial charge on any atom is -0.428 e. The molecular weight excluding hydrogens is 244 g/mol. The van der Waals surface area contributed by atoms with Crippen LogP contribution in [0.2, 0.25) is 0 Å². The van der Waals surface area contributed by atoms with E-state index in [0.29, 0.717) is 16.7 Å². The second-order valence-corrected chi connectivity index (χ2v) is 5.34. The highest BCUT2D eigenvalue weighted by Crippen LogP contribution is 2.41. The number of ketones is 1. The van der Waals surface area contributed by atoms with E-state index in [9.17, 15) is 9.59 Å². The summed E-state index contributed by atoms with van der Waals surface area (Å²) in [6.07, 6.45) is 2.64. The van der Waals surface area contributed by atoms with Crippen molar-refractivity contribution in [1.82, 2.24) is 0 Å². The zero-order valence-electron chi connectivity index (χ0n) is 11.0. The van der Waals surface area contributed by atoms with Gasteiger partial charge in [-0.3, -0.25) is 4.79 Å². The predicted molar refractivity (Wildman–Crippen MR) is 68.1 cm³/mol. The van der Waals surface area contributed by atoms with E-state index in [0.717, 1.165) is 5.56 Å². The van der Waals surface area contributed by atoms with Gasteiger partial charge in [-0.25, -0.2) is 4.79 Å². The number of cyclic esters (lactones) is 1. The Morgan fingerprint density at radius 3 is 2.68 bits per heavy atom. The number of esters is 1. The SMILES string of the molecule is CO[C@H]1OC(=O)c2ccc3c(c21)C(=O)C=CC3(C)C. The molecular formula is C15H14O4. The van der Waals surface area contributed by atoms with Crippen LogP contribution in [-0.4, -0.2) is 18.9 Å². The third-order valence-electron chi connectivity index (χ3n) is 3.72. The number of benzene rings is 1. The molecule has 98 valence electrons. The number of allylic oxidation sites excluding steroid dienone is 2. The summed E-state index contributed by atoms with van der Waals surface area (Å²) in [6.45, 7) is 4.06. The molecule has 0 fully saturated rings. The first-order valence-corrected chi connectivity index (χ1v) is 6.10. The highest BCUT2D eigenvalue weighted by molar-refractivity contribution is 6.11. The van der Waals surface area contributed by atoms with Crippen molar-refractivity contribution in [3.05, 3.63) is 46.5 Å². The van der Waals surface area contributed by atoms with Crippen molar-refractivity contribution in [2.24, 2.45) is 0 Å². The summed E-state index contributed by atoms with van der Waals surface area (Å²) < 4.78 is 10.3. The van der Waals surface area contributed by atoms with Crippen LogP contribution in [0.3, 0.4) is 0 Å². The fraction of sp³-hybridized carbons (Fsp3) is 0.333. The van der Waals surface area contributed by atoms with Gasteiger partial charge >= 0.3 is 5.97 Å². The van der Waals surface area contributed by atoms with Crippen LogP contribution in [0, 0.1) is 0 Å². The Hall–Kier alpha value is -1.94. The molecule has 1 aliphatic carbocycles. The Labute approximate surface area is 111 Å². The van der Waals surface area contributed by atoms with Crippen LogP contribution in [0.5, 0.6) is 0 Å². The number of carbonyl (C=O) groups is 2. The van der Waals surface area contributed by atoms with E-state index in [1.165, 1.54) is 7.11 Å². The Bertz CT molecular complexity index is 625. The van der Waals surface area contributed by atoms with Crippen LogP contribution in [0.15, 0.2) is 24.3 Å². The molecule has 0 N–H and O–H groups in total. The van der Waals surface area contributed by atoms with Gasteiger partial charge in [0.15, 0.2) is 5.78 Å². The van der Waals surface area contributed by atoms with E-state index in [2.05, 4.69) is 0 Å². The zero-order valence-corrected chi connectivity index (χ0v) is 11.0. The normalized spacial score (nSPS) is 23.0. The van der Waals surface area contributed by atoms with Crippen LogP contribution in [-0.2, 0) is 14.9 Å². The van der Waals surface area contributed by atoms with Gasteiger partial charge in [0, 0.05) is 23.7 Å². The maximum Gasteiger partial charge on any atom is 0.341 e. The summed E-state index contributed by atoms with van der Waals surface area (Å²) in [6, 6.07) is 3.54. The van der Waals surface area contributed by atoms with Gasteiger partial charge in [0.2, 0.25) is 6.29 Å². The lowest BCUT2D eigenvalue weighted by atomic mass is 9.74. The Balaban J connectivity index is 2.33.